The number of nitrogens with zero attached hydrogens (tertiary/aromatic N) is 1. The molecule has 4 heteroatoms. The zero-order valence-electron chi connectivity index (χ0n) is 10.6. The first-order valence-corrected chi connectivity index (χ1v) is 5.96. The van der Waals surface area contributed by atoms with E-state index in [9.17, 15) is 4.79 Å². The van der Waals surface area contributed by atoms with Crippen LogP contribution in [0.3, 0.4) is 0 Å². The highest BCUT2D eigenvalue weighted by molar-refractivity contribution is 5.89. The lowest BCUT2D eigenvalue weighted by molar-refractivity contribution is 0.255. The molecule has 0 aliphatic heterocycles. The lowest BCUT2D eigenvalue weighted by atomic mass is 10.2. The molecule has 1 aromatic carbocycles. The molecule has 1 heterocycles. The Morgan fingerprint density at radius 1 is 1.21 bits per heavy atom. The van der Waals surface area contributed by atoms with E-state index in [1.54, 1.807) is 18.5 Å². The second-order valence-electron chi connectivity index (χ2n) is 4.06. The zero-order chi connectivity index (χ0) is 13.5. The molecule has 0 saturated carbocycles. The number of pyridine rings is 1. The van der Waals surface area contributed by atoms with E-state index in [2.05, 4.69) is 15.6 Å². The van der Waals surface area contributed by atoms with Crippen LogP contribution in [0.2, 0.25) is 0 Å². The molecule has 0 atom stereocenters. The Hall–Kier alpha value is -2.62. The molecule has 4 nitrogen and oxygen atoms in total. The van der Waals surface area contributed by atoms with Gasteiger partial charge in [0.1, 0.15) is 5.82 Å². The van der Waals surface area contributed by atoms with E-state index < -0.39 is 0 Å². The molecular weight excluding hydrogens is 238 g/mol. The van der Waals surface area contributed by atoms with Gasteiger partial charge in [-0.05, 0) is 36.3 Å². The van der Waals surface area contributed by atoms with Crippen molar-refractivity contribution in [3.05, 3.63) is 66.0 Å². The Morgan fingerprint density at radius 3 is 2.74 bits per heavy atom. The predicted octanol–water partition coefficient (Wildman–Crippen LogP) is 3.18. The Balaban J connectivity index is 1.87. The van der Waals surface area contributed by atoms with Crippen LogP contribution in [-0.4, -0.2) is 11.0 Å². The summed E-state index contributed by atoms with van der Waals surface area (Å²) >= 11 is 0. The molecule has 0 aliphatic rings. The van der Waals surface area contributed by atoms with Crippen molar-refractivity contribution < 1.29 is 4.79 Å². The number of urea groups is 1. The Morgan fingerprint density at radius 2 is 2.00 bits per heavy atom. The number of hydrogen-bond acceptors (Lipinski definition) is 2. The molecule has 2 amide bonds. The SMILES string of the molecule is Cc1ccnc(NC(=O)N/C=C/c2ccccc2)c1. The summed E-state index contributed by atoms with van der Waals surface area (Å²) in [5.41, 5.74) is 2.07. The molecule has 0 fully saturated rings. The molecule has 1 aromatic heterocycles. The first kappa shape index (κ1) is 12.8. The van der Waals surface area contributed by atoms with Crippen LogP contribution in [0, 0.1) is 6.92 Å². The van der Waals surface area contributed by atoms with Gasteiger partial charge in [0, 0.05) is 12.4 Å². The minimum absolute atomic E-state index is 0.315. The molecule has 96 valence electrons. The van der Waals surface area contributed by atoms with Gasteiger partial charge in [-0.15, -0.1) is 0 Å². The number of hydrogen-bond donors (Lipinski definition) is 2. The summed E-state index contributed by atoms with van der Waals surface area (Å²) in [5, 5.41) is 5.29. The maximum absolute atomic E-state index is 11.6. The quantitative estimate of drug-likeness (QED) is 0.882. The summed E-state index contributed by atoms with van der Waals surface area (Å²) < 4.78 is 0. The van der Waals surface area contributed by atoms with E-state index >= 15 is 0 Å². The summed E-state index contributed by atoms with van der Waals surface area (Å²) in [6, 6.07) is 13.1. The fourth-order valence-corrected chi connectivity index (χ4v) is 1.53. The fraction of sp³-hybridized carbons (Fsp3) is 0.0667. The molecule has 0 aliphatic carbocycles. The third kappa shape index (κ3) is 4.27. The minimum Gasteiger partial charge on any atom is -0.314 e. The van der Waals surface area contributed by atoms with Gasteiger partial charge in [-0.3, -0.25) is 5.32 Å². The van der Waals surface area contributed by atoms with E-state index in [-0.39, 0.29) is 6.03 Å². The van der Waals surface area contributed by atoms with Gasteiger partial charge in [-0.25, -0.2) is 9.78 Å². The van der Waals surface area contributed by atoms with Crippen LogP contribution in [0.5, 0.6) is 0 Å². The van der Waals surface area contributed by atoms with Crippen molar-refractivity contribution in [3.63, 3.8) is 0 Å². The van der Waals surface area contributed by atoms with Gasteiger partial charge in [0.05, 0.1) is 0 Å². The maximum atomic E-state index is 11.6. The number of benzene rings is 1. The highest BCUT2D eigenvalue weighted by Crippen LogP contribution is 2.04. The monoisotopic (exact) mass is 253 g/mol. The Labute approximate surface area is 112 Å². The molecule has 19 heavy (non-hydrogen) atoms. The predicted molar refractivity (Wildman–Crippen MR) is 76.6 cm³/mol. The first-order valence-electron chi connectivity index (χ1n) is 5.96. The van der Waals surface area contributed by atoms with Gasteiger partial charge in [-0.1, -0.05) is 30.3 Å². The molecule has 0 unspecified atom stereocenters. The van der Waals surface area contributed by atoms with E-state index in [1.807, 2.05) is 49.4 Å². The first-order chi connectivity index (χ1) is 9.24. The van der Waals surface area contributed by atoms with Crippen molar-refractivity contribution in [1.29, 1.82) is 0 Å². The summed E-state index contributed by atoms with van der Waals surface area (Å²) in [6.45, 7) is 1.94. The number of carbonyl (C=O) groups is 1. The van der Waals surface area contributed by atoms with Gasteiger partial charge in [0.2, 0.25) is 0 Å². The van der Waals surface area contributed by atoms with Crippen LogP contribution in [0.1, 0.15) is 11.1 Å². The molecular formula is C15H15N3O. The van der Waals surface area contributed by atoms with Crippen molar-refractivity contribution in [1.82, 2.24) is 10.3 Å². The van der Waals surface area contributed by atoms with E-state index in [0.717, 1.165) is 11.1 Å². The average molecular weight is 253 g/mol. The summed E-state index contributed by atoms with van der Waals surface area (Å²) in [5.74, 6) is 0.533. The molecule has 0 radical (unpaired) electrons. The number of anilines is 1. The number of aryl methyl sites for hydroxylation is 1. The molecule has 0 bridgehead atoms. The number of amides is 2. The van der Waals surface area contributed by atoms with Crippen molar-refractivity contribution in [3.8, 4) is 0 Å². The van der Waals surface area contributed by atoms with Crippen molar-refractivity contribution in [2.75, 3.05) is 5.32 Å². The van der Waals surface area contributed by atoms with E-state index in [4.69, 9.17) is 0 Å². The smallest absolute Gasteiger partial charge is 0.314 e. The van der Waals surface area contributed by atoms with Crippen molar-refractivity contribution >= 4 is 17.9 Å². The summed E-state index contributed by atoms with van der Waals surface area (Å²) in [4.78, 5) is 15.7. The molecule has 0 saturated heterocycles. The number of nitrogens with one attached hydrogen (secondary N) is 2. The third-order valence-electron chi connectivity index (χ3n) is 2.45. The van der Waals surface area contributed by atoms with Crippen LogP contribution in [0.4, 0.5) is 10.6 Å². The van der Waals surface area contributed by atoms with Crippen LogP contribution in [0.25, 0.3) is 6.08 Å². The molecule has 2 aromatic rings. The second-order valence-corrected chi connectivity index (χ2v) is 4.06. The topological polar surface area (TPSA) is 54.0 Å². The van der Waals surface area contributed by atoms with Gasteiger partial charge in [0.15, 0.2) is 0 Å². The zero-order valence-corrected chi connectivity index (χ0v) is 10.6. The average Bonchev–Trinajstić information content (AvgIpc) is 2.40. The highest BCUT2D eigenvalue weighted by atomic mass is 16.2. The highest BCUT2D eigenvalue weighted by Gasteiger charge is 1.99. The number of rotatable bonds is 3. The van der Waals surface area contributed by atoms with Gasteiger partial charge >= 0.3 is 6.03 Å². The number of carbonyl (C=O) groups excluding carboxylic acids is 1. The lowest BCUT2D eigenvalue weighted by Gasteiger charge is -2.04. The second kappa shape index (κ2) is 6.35. The van der Waals surface area contributed by atoms with Crippen LogP contribution in [0.15, 0.2) is 54.9 Å². The van der Waals surface area contributed by atoms with Gasteiger partial charge in [-0.2, -0.15) is 0 Å². The van der Waals surface area contributed by atoms with Crippen molar-refractivity contribution in [2.24, 2.45) is 0 Å². The molecule has 2 rings (SSSR count). The molecule has 0 spiro atoms. The lowest BCUT2D eigenvalue weighted by Crippen LogP contribution is -2.24. The number of aromatic nitrogens is 1. The Bertz CT molecular complexity index is 579. The van der Waals surface area contributed by atoms with E-state index in [0.29, 0.717) is 5.82 Å². The molecule has 2 N–H and O–H groups in total. The minimum atomic E-state index is -0.315. The van der Waals surface area contributed by atoms with Gasteiger partial charge in [0.25, 0.3) is 0 Å². The van der Waals surface area contributed by atoms with E-state index in [1.165, 1.54) is 0 Å². The standard InChI is InChI=1S/C15H15N3O/c1-12-7-9-16-14(11-12)18-15(19)17-10-8-13-5-3-2-4-6-13/h2-11H,1H3,(H2,16,17,18,19)/b10-8+. The summed E-state index contributed by atoms with van der Waals surface area (Å²) in [6.07, 6.45) is 5.08. The van der Waals surface area contributed by atoms with Crippen LogP contribution < -0.4 is 10.6 Å². The Kier molecular flexibility index (Phi) is 4.29. The van der Waals surface area contributed by atoms with Crippen LogP contribution in [-0.2, 0) is 0 Å². The van der Waals surface area contributed by atoms with Gasteiger partial charge < -0.3 is 5.32 Å². The third-order valence-corrected chi connectivity index (χ3v) is 2.45. The van der Waals surface area contributed by atoms with Crippen molar-refractivity contribution in [2.45, 2.75) is 6.92 Å². The van der Waals surface area contributed by atoms with Crippen LogP contribution >= 0.6 is 0 Å². The normalized spacial score (nSPS) is 10.4. The summed E-state index contributed by atoms with van der Waals surface area (Å²) in [7, 11) is 0. The fourth-order valence-electron chi connectivity index (χ4n) is 1.53. The maximum Gasteiger partial charge on any atom is 0.324 e. The largest absolute Gasteiger partial charge is 0.324 e.